The lowest BCUT2D eigenvalue weighted by Gasteiger charge is -2.38. The Morgan fingerprint density at radius 1 is 1.00 bits per heavy atom. The van der Waals surface area contributed by atoms with Crippen molar-refractivity contribution in [3.8, 4) is 0 Å². The van der Waals surface area contributed by atoms with E-state index in [4.69, 9.17) is 23.2 Å². The van der Waals surface area contributed by atoms with E-state index in [1.807, 2.05) is 18.2 Å². The summed E-state index contributed by atoms with van der Waals surface area (Å²) in [5.41, 5.74) is 4.82. The minimum absolute atomic E-state index is 0.221. The minimum atomic E-state index is 0.221. The van der Waals surface area contributed by atoms with Gasteiger partial charge in [0.25, 0.3) is 0 Å². The molecule has 1 heterocycles. The average Bonchev–Trinajstić information content (AvgIpc) is 3.00. The summed E-state index contributed by atoms with van der Waals surface area (Å²) in [5, 5.41) is 5.36. The molecular weight excluding hydrogens is 313 g/mol. The van der Waals surface area contributed by atoms with Gasteiger partial charge in [0, 0.05) is 21.7 Å². The maximum Gasteiger partial charge on any atom is 0.0568 e. The van der Waals surface area contributed by atoms with Crippen molar-refractivity contribution in [1.29, 1.82) is 0 Å². The van der Waals surface area contributed by atoms with Crippen molar-refractivity contribution in [3.63, 3.8) is 0 Å². The van der Waals surface area contributed by atoms with E-state index in [0.29, 0.717) is 11.8 Å². The quantitative estimate of drug-likeness (QED) is 0.620. The van der Waals surface area contributed by atoms with Gasteiger partial charge in [-0.25, -0.2) is 0 Å². The highest BCUT2D eigenvalue weighted by atomic mass is 35.5. The van der Waals surface area contributed by atoms with Crippen LogP contribution in [0.4, 0.5) is 5.69 Å². The zero-order chi connectivity index (χ0) is 15.3. The molecule has 2 aromatic carbocycles. The van der Waals surface area contributed by atoms with E-state index >= 15 is 0 Å². The third-order valence-electron chi connectivity index (χ3n) is 4.97. The van der Waals surface area contributed by atoms with Gasteiger partial charge in [0.05, 0.1) is 6.04 Å². The van der Waals surface area contributed by atoms with Crippen molar-refractivity contribution in [2.24, 2.45) is 5.92 Å². The Kier molecular flexibility index (Phi) is 3.43. The number of allylic oxidation sites excluding steroid dienone is 2. The SMILES string of the molecule is Cc1c(Cl)ccc2c1N[C@H](c1ccccc1Cl)[C@@H]1CC=C[C@H]21. The van der Waals surface area contributed by atoms with Crippen LogP contribution in [0.2, 0.25) is 10.0 Å². The summed E-state index contributed by atoms with van der Waals surface area (Å²) in [5.74, 6) is 0.946. The zero-order valence-corrected chi connectivity index (χ0v) is 13.8. The van der Waals surface area contributed by atoms with Gasteiger partial charge in [-0.1, -0.05) is 59.6 Å². The lowest BCUT2D eigenvalue weighted by molar-refractivity contribution is 0.425. The molecule has 3 atom stereocenters. The molecule has 0 radical (unpaired) electrons. The molecule has 4 rings (SSSR count). The number of anilines is 1. The molecule has 0 aromatic heterocycles. The molecular formula is C19H17Cl2N. The predicted molar refractivity (Wildman–Crippen MR) is 94.0 cm³/mol. The van der Waals surface area contributed by atoms with Crippen LogP contribution in [0.5, 0.6) is 0 Å². The molecule has 2 aromatic rings. The molecule has 0 saturated carbocycles. The summed E-state index contributed by atoms with van der Waals surface area (Å²) in [6.07, 6.45) is 5.70. The Labute approximate surface area is 140 Å². The van der Waals surface area contributed by atoms with E-state index in [-0.39, 0.29) is 6.04 Å². The van der Waals surface area contributed by atoms with Crippen molar-refractivity contribution in [2.75, 3.05) is 5.32 Å². The van der Waals surface area contributed by atoms with Crippen LogP contribution in [0, 0.1) is 12.8 Å². The standard InChI is InChI=1S/C19H17Cl2N/c1-11-16(20)10-9-14-12-6-4-7-13(12)19(22-18(11)14)15-5-2-3-8-17(15)21/h2-6,8-10,12-13,19,22H,7H2,1H3/t12-,13+,19-/m0/s1. The van der Waals surface area contributed by atoms with Gasteiger partial charge in [-0.2, -0.15) is 0 Å². The summed E-state index contributed by atoms with van der Waals surface area (Å²) in [6, 6.07) is 12.5. The van der Waals surface area contributed by atoms with E-state index in [1.54, 1.807) is 0 Å². The third kappa shape index (κ3) is 2.07. The summed E-state index contributed by atoms with van der Waals surface area (Å²) in [7, 11) is 0. The maximum absolute atomic E-state index is 6.46. The molecule has 1 N–H and O–H groups in total. The van der Waals surface area contributed by atoms with Crippen LogP contribution in [0.1, 0.15) is 35.1 Å². The van der Waals surface area contributed by atoms with E-state index in [0.717, 1.165) is 22.0 Å². The molecule has 2 aliphatic rings. The Balaban J connectivity index is 1.87. The second-order valence-electron chi connectivity index (χ2n) is 6.13. The van der Waals surface area contributed by atoms with Crippen molar-refractivity contribution >= 4 is 28.9 Å². The van der Waals surface area contributed by atoms with Crippen molar-refractivity contribution in [2.45, 2.75) is 25.3 Å². The molecule has 3 heteroatoms. The number of hydrogen-bond donors (Lipinski definition) is 1. The summed E-state index contributed by atoms with van der Waals surface area (Å²) < 4.78 is 0. The highest BCUT2D eigenvalue weighted by Gasteiger charge is 2.39. The van der Waals surface area contributed by atoms with E-state index in [9.17, 15) is 0 Å². The molecule has 1 aliphatic heterocycles. The number of fused-ring (bicyclic) bond motifs is 3. The van der Waals surface area contributed by atoms with E-state index in [2.05, 4.69) is 42.6 Å². The van der Waals surface area contributed by atoms with E-state index < -0.39 is 0 Å². The lowest BCUT2D eigenvalue weighted by atomic mass is 9.76. The Hall–Kier alpha value is -1.44. The molecule has 22 heavy (non-hydrogen) atoms. The van der Waals surface area contributed by atoms with Gasteiger partial charge in [0.2, 0.25) is 0 Å². The maximum atomic E-state index is 6.46. The fourth-order valence-corrected chi connectivity index (χ4v) is 4.23. The average molecular weight is 330 g/mol. The molecule has 0 fully saturated rings. The summed E-state index contributed by atoms with van der Waals surface area (Å²) >= 11 is 12.8. The number of rotatable bonds is 1. The number of hydrogen-bond acceptors (Lipinski definition) is 1. The molecule has 0 bridgehead atoms. The van der Waals surface area contributed by atoms with Gasteiger partial charge in [0.1, 0.15) is 0 Å². The first-order valence-corrected chi connectivity index (χ1v) is 8.39. The van der Waals surface area contributed by atoms with Gasteiger partial charge in [-0.05, 0) is 48.1 Å². The van der Waals surface area contributed by atoms with Gasteiger partial charge in [0.15, 0.2) is 0 Å². The number of halogens is 2. The van der Waals surface area contributed by atoms with Gasteiger partial charge < -0.3 is 5.32 Å². The van der Waals surface area contributed by atoms with Crippen molar-refractivity contribution in [3.05, 3.63) is 75.3 Å². The van der Waals surface area contributed by atoms with Crippen molar-refractivity contribution in [1.82, 2.24) is 0 Å². The van der Waals surface area contributed by atoms with Gasteiger partial charge >= 0.3 is 0 Å². The first-order chi connectivity index (χ1) is 10.7. The fourth-order valence-electron chi connectivity index (χ4n) is 3.82. The van der Waals surface area contributed by atoms with E-state index in [1.165, 1.54) is 16.8 Å². The van der Waals surface area contributed by atoms with Crippen LogP contribution in [-0.2, 0) is 0 Å². The predicted octanol–water partition coefficient (Wildman–Crippen LogP) is 6.13. The first kappa shape index (κ1) is 14.2. The molecule has 0 amide bonds. The zero-order valence-electron chi connectivity index (χ0n) is 12.3. The minimum Gasteiger partial charge on any atom is -0.377 e. The highest BCUT2D eigenvalue weighted by molar-refractivity contribution is 6.32. The molecule has 112 valence electrons. The van der Waals surface area contributed by atoms with Crippen LogP contribution in [0.3, 0.4) is 0 Å². The van der Waals surface area contributed by atoms with Crippen LogP contribution in [0.15, 0.2) is 48.6 Å². The smallest absolute Gasteiger partial charge is 0.0568 e. The monoisotopic (exact) mass is 329 g/mol. The molecule has 1 nitrogen and oxygen atoms in total. The Morgan fingerprint density at radius 2 is 1.82 bits per heavy atom. The highest BCUT2D eigenvalue weighted by Crippen LogP contribution is 2.52. The second kappa shape index (κ2) is 5.33. The van der Waals surface area contributed by atoms with Crippen LogP contribution < -0.4 is 5.32 Å². The molecule has 0 unspecified atom stereocenters. The largest absolute Gasteiger partial charge is 0.377 e. The third-order valence-corrected chi connectivity index (χ3v) is 5.73. The Bertz CT molecular complexity index is 766. The fraction of sp³-hybridized carbons (Fsp3) is 0.263. The molecule has 0 spiro atoms. The number of benzene rings is 2. The Morgan fingerprint density at radius 3 is 2.64 bits per heavy atom. The van der Waals surface area contributed by atoms with Crippen molar-refractivity contribution < 1.29 is 0 Å². The van der Waals surface area contributed by atoms with Crippen LogP contribution in [-0.4, -0.2) is 0 Å². The first-order valence-electron chi connectivity index (χ1n) is 7.63. The topological polar surface area (TPSA) is 12.0 Å². The van der Waals surface area contributed by atoms with Crippen LogP contribution >= 0.6 is 23.2 Å². The van der Waals surface area contributed by atoms with Gasteiger partial charge in [-0.15, -0.1) is 0 Å². The summed E-state index contributed by atoms with van der Waals surface area (Å²) in [4.78, 5) is 0. The normalized spacial score (nSPS) is 25.5. The summed E-state index contributed by atoms with van der Waals surface area (Å²) in [6.45, 7) is 2.08. The number of nitrogens with one attached hydrogen (secondary N) is 1. The second-order valence-corrected chi connectivity index (χ2v) is 6.95. The molecule has 1 aliphatic carbocycles. The van der Waals surface area contributed by atoms with Gasteiger partial charge in [-0.3, -0.25) is 0 Å². The molecule has 0 saturated heterocycles. The van der Waals surface area contributed by atoms with Crippen LogP contribution in [0.25, 0.3) is 0 Å². The lowest BCUT2D eigenvalue weighted by Crippen LogP contribution is -2.29.